The fourth-order valence-corrected chi connectivity index (χ4v) is 3.12. The molecule has 6 heteroatoms. The number of phenols is 1. The van der Waals surface area contributed by atoms with E-state index in [-0.39, 0.29) is 5.91 Å². The van der Waals surface area contributed by atoms with Gasteiger partial charge in [-0.15, -0.1) is 0 Å². The van der Waals surface area contributed by atoms with Crippen LogP contribution in [0.2, 0.25) is 0 Å². The van der Waals surface area contributed by atoms with Crippen molar-refractivity contribution < 1.29 is 14.3 Å². The van der Waals surface area contributed by atoms with E-state index in [0.29, 0.717) is 24.7 Å². The minimum Gasteiger partial charge on any atom is -0.505 e. The number of phenolic OH excluding ortho intramolecular Hbond substituents is 1. The average Bonchev–Trinajstić information content (AvgIpc) is 2.48. The molecule has 114 valence electrons. The lowest BCUT2D eigenvalue weighted by molar-refractivity contribution is 0.0189. The highest BCUT2D eigenvalue weighted by molar-refractivity contribution is 5.94. The number of likely N-dealkylation sites (N-methyl/N-ethyl adjacent to an activating group) is 1. The first-order valence-electron chi connectivity index (χ1n) is 7.25. The minimum absolute atomic E-state index is 0.141. The summed E-state index contributed by atoms with van der Waals surface area (Å²) in [6.07, 6.45) is 0. The number of benzene rings is 1. The SMILES string of the molecule is CN1CCN2CCN(C(=O)c3ccc(F)c(O)c3)C[C@H]2C1. The molecular formula is C15H20FN3O2. The number of nitrogens with zero attached hydrogens (tertiary/aromatic N) is 3. The molecule has 0 bridgehead atoms. The van der Waals surface area contributed by atoms with Gasteiger partial charge in [0.1, 0.15) is 0 Å². The van der Waals surface area contributed by atoms with Crippen molar-refractivity contribution in [1.29, 1.82) is 0 Å². The van der Waals surface area contributed by atoms with E-state index in [2.05, 4.69) is 16.8 Å². The van der Waals surface area contributed by atoms with Crippen molar-refractivity contribution in [2.45, 2.75) is 6.04 Å². The van der Waals surface area contributed by atoms with Gasteiger partial charge < -0.3 is 14.9 Å². The smallest absolute Gasteiger partial charge is 0.254 e. The summed E-state index contributed by atoms with van der Waals surface area (Å²) in [4.78, 5) is 19.0. The highest BCUT2D eigenvalue weighted by atomic mass is 19.1. The molecule has 2 aliphatic rings. The second-order valence-electron chi connectivity index (χ2n) is 5.87. The van der Waals surface area contributed by atoms with Crippen LogP contribution in [0.1, 0.15) is 10.4 Å². The number of amides is 1. The summed E-state index contributed by atoms with van der Waals surface area (Å²) in [5, 5.41) is 9.41. The number of hydrogen-bond donors (Lipinski definition) is 1. The van der Waals surface area contributed by atoms with Gasteiger partial charge in [-0.1, -0.05) is 0 Å². The first kappa shape index (κ1) is 14.3. The summed E-state index contributed by atoms with van der Waals surface area (Å²) in [6.45, 7) is 5.30. The zero-order chi connectivity index (χ0) is 15.0. The number of carbonyl (C=O) groups is 1. The fraction of sp³-hybridized carbons (Fsp3) is 0.533. The Labute approximate surface area is 123 Å². The molecule has 1 aromatic rings. The summed E-state index contributed by atoms with van der Waals surface area (Å²) >= 11 is 0. The predicted octanol–water partition coefficient (Wildman–Crippen LogP) is 0.603. The molecule has 0 aromatic heterocycles. The molecular weight excluding hydrogens is 273 g/mol. The number of halogens is 1. The Balaban J connectivity index is 1.72. The van der Waals surface area contributed by atoms with Gasteiger partial charge in [0, 0.05) is 50.9 Å². The molecule has 0 spiro atoms. The fourth-order valence-electron chi connectivity index (χ4n) is 3.12. The number of piperazine rings is 2. The Morgan fingerprint density at radius 2 is 2.00 bits per heavy atom. The molecule has 2 heterocycles. The van der Waals surface area contributed by atoms with Crippen LogP contribution in [0.4, 0.5) is 4.39 Å². The first-order valence-corrected chi connectivity index (χ1v) is 7.25. The van der Waals surface area contributed by atoms with E-state index in [9.17, 15) is 14.3 Å². The van der Waals surface area contributed by atoms with Crippen LogP contribution in [0.25, 0.3) is 0 Å². The molecule has 21 heavy (non-hydrogen) atoms. The van der Waals surface area contributed by atoms with E-state index in [1.165, 1.54) is 12.1 Å². The second-order valence-corrected chi connectivity index (χ2v) is 5.87. The van der Waals surface area contributed by atoms with Gasteiger partial charge >= 0.3 is 0 Å². The van der Waals surface area contributed by atoms with Gasteiger partial charge in [0.25, 0.3) is 5.91 Å². The van der Waals surface area contributed by atoms with Crippen molar-refractivity contribution in [1.82, 2.24) is 14.7 Å². The molecule has 1 atom stereocenters. The van der Waals surface area contributed by atoms with Crippen LogP contribution in [0.5, 0.6) is 5.75 Å². The first-order chi connectivity index (χ1) is 10.0. The van der Waals surface area contributed by atoms with Gasteiger partial charge in [-0.3, -0.25) is 9.69 Å². The van der Waals surface area contributed by atoms with Gasteiger partial charge in [0.2, 0.25) is 0 Å². The van der Waals surface area contributed by atoms with E-state index in [1.54, 1.807) is 4.90 Å². The van der Waals surface area contributed by atoms with Crippen LogP contribution in [0.15, 0.2) is 18.2 Å². The molecule has 1 N–H and O–H groups in total. The summed E-state index contributed by atoms with van der Waals surface area (Å²) in [5.41, 5.74) is 0.339. The molecule has 0 saturated carbocycles. The Bertz CT molecular complexity index is 552. The monoisotopic (exact) mass is 293 g/mol. The Morgan fingerprint density at radius 1 is 1.24 bits per heavy atom. The van der Waals surface area contributed by atoms with Gasteiger partial charge in [-0.2, -0.15) is 0 Å². The van der Waals surface area contributed by atoms with Gasteiger partial charge in [0.05, 0.1) is 0 Å². The van der Waals surface area contributed by atoms with E-state index in [0.717, 1.165) is 32.2 Å². The second kappa shape index (κ2) is 5.61. The number of carbonyl (C=O) groups excluding carboxylic acids is 1. The molecule has 2 saturated heterocycles. The maximum absolute atomic E-state index is 13.1. The molecule has 3 rings (SSSR count). The number of aromatic hydroxyl groups is 1. The maximum atomic E-state index is 13.1. The number of fused-ring (bicyclic) bond motifs is 1. The van der Waals surface area contributed by atoms with Crippen molar-refractivity contribution >= 4 is 5.91 Å². The Kier molecular flexibility index (Phi) is 3.82. The van der Waals surface area contributed by atoms with Crippen molar-refractivity contribution in [3.8, 4) is 5.75 Å². The van der Waals surface area contributed by atoms with Crippen molar-refractivity contribution in [3.63, 3.8) is 0 Å². The third-order valence-electron chi connectivity index (χ3n) is 4.38. The van der Waals surface area contributed by atoms with E-state index >= 15 is 0 Å². The topological polar surface area (TPSA) is 47.0 Å². The standard InChI is InChI=1S/C15H20FN3O2/c1-17-4-5-18-6-7-19(10-12(18)9-17)15(21)11-2-3-13(16)14(20)8-11/h2-3,8,12,20H,4-7,9-10H2,1H3/t12-/m1/s1. The summed E-state index contributed by atoms with van der Waals surface area (Å²) in [7, 11) is 2.09. The van der Waals surface area contributed by atoms with E-state index in [1.807, 2.05) is 0 Å². The molecule has 0 aliphatic carbocycles. The van der Waals surface area contributed by atoms with Crippen molar-refractivity contribution in [2.75, 3.05) is 46.3 Å². The van der Waals surface area contributed by atoms with Crippen LogP contribution >= 0.6 is 0 Å². The highest BCUT2D eigenvalue weighted by Crippen LogP contribution is 2.20. The maximum Gasteiger partial charge on any atom is 0.254 e. The van der Waals surface area contributed by atoms with Crippen LogP contribution in [0, 0.1) is 5.82 Å². The Hall–Kier alpha value is -1.66. The zero-order valence-corrected chi connectivity index (χ0v) is 12.1. The molecule has 5 nitrogen and oxygen atoms in total. The lowest BCUT2D eigenvalue weighted by Crippen LogP contribution is -2.62. The van der Waals surface area contributed by atoms with Crippen LogP contribution in [-0.4, -0.2) is 78.1 Å². The molecule has 0 unspecified atom stereocenters. The largest absolute Gasteiger partial charge is 0.505 e. The molecule has 0 radical (unpaired) electrons. The van der Waals surface area contributed by atoms with Gasteiger partial charge in [-0.25, -0.2) is 4.39 Å². The average molecular weight is 293 g/mol. The van der Waals surface area contributed by atoms with E-state index < -0.39 is 11.6 Å². The zero-order valence-electron chi connectivity index (χ0n) is 12.1. The lowest BCUT2D eigenvalue weighted by atomic mass is 10.1. The highest BCUT2D eigenvalue weighted by Gasteiger charge is 2.33. The lowest BCUT2D eigenvalue weighted by Gasteiger charge is -2.46. The van der Waals surface area contributed by atoms with E-state index in [4.69, 9.17) is 0 Å². The minimum atomic E-state index is -0.703. The number of rotatable bonds is 1. The van der Waals surface area contributed by atoms with Crippen LogP contribution in [0.3, 0.4) is 0 Å². The Morgan fingerprint density at radius 3 is 2.76 bits per heavy atom. The van der Waals surface area contributed by atoms with Crippen molar-refractivity contribution in [2.24, 2.45) is 0 Å². The summed E-state index contributed by atoms with van der Waals surface area (Å²) < 4.78 is 13.1. The van der Waals surface area contributed by atoms with Gasteiger partial charge in [-0.05, 0) is 25.2 Å². The van der Waals surface area contributed by atoms with Crippen LogP contribution < -0.4 is 0 Å². The molecule has 2 aliphatic heterocycles. The molecule has 1 aromatic carbocycles. The quantitative estimate of drug-likeness (QED) is 0.824. The predicted molar refractivity (Wildman–Crippen MR) is 76.8 cm³/mol. The number of hydrogen-bond acceptors (Lipinski definition) is 4. The van der Waals surface area contributed by atoms with Crippen LogP contribution in [-0.2, 0) is 0 Å². The third kappa shape index (κ3) is 2.87. The molecule has 1 amide bonds. The normalized spacial score (nSPS) is 23.9. The molecule has 2 fully saturated rings. The summed E-state index contributed by atoms with van der Waals surface area (Å²) in [5.74, 6) is -1.32. The van der Waals surface area contributed by atoms with Gasteiger partial charge in [0.15, 0.2) is 11.6 Å². The third-order valence-corrected chi connectivity index (χ3v) is 4.38. The summed E-state index contributed by atoms with van der Waals surface area (Å²) in [6, 6.07) is 4.12. The van der Waals surface area contributed by atoms with Crippen molar-refractivity contribution in [3.05, 3.63) is 29.6 Å².